The van der Waals surface area contributed by atoms with Crippen LogP contribution in [0.15, 0.2) is 42.5 Å². The maximum atomic E-state index is 12.4. The zero-order valence-electron chi connectivity index (χ0n) is 18.9. The molecule has 180 valence electrons. The number of carbonyl (C=O) groups is 3. The van der Waals surface area contributed by atoms with Crippen molar-refractivity contribution in [3.8, 4) is 16.9 Å². The van der Waals surface area contributed by atoms with Crippen molar-refractivity contribution in [3.05, 3.63) is 58.7 Å². The van der Waals surface area contributed by atoms with Crippen LogP contribution in [0.2, 0.25) is 5.02 Å². The largest absolute Gasteiger partial charge is 0.494 e. The zero-order chi connectivity index (χ0) is 25.1. The maximum absolute atomic E-state index is 12.4. The summed E-state index contributed by atoms with van der Waals surface area (Å²) in [7, 11) is 2.94. The summed E-state index contributed by atoms with van der Waals surface area (Å²) in [5.41, 5.74) is 2.07. The highest BCUT2D eigenvalue weighted by Crippen LogP contribution is 2.43. The first-order chi connectivity index (χ1) is 16.8. The molecule has 2 amide bonds. The Kier molecular flexibility index (Phi) is 6.83. The maximum Gasteiger partial charge on any atom is 0.335 e. The van der Waals surface area contributed by atoms with Gasteiger partial charge in [-0.3, -0.25) is 9.59 Å². The van der Waals surface area contributed by atoms with Crippen molar-refractivity contribution in [2.45, 2.75) is 12.8 Å². The number of benzene rings is 2. The van der Waals surface area contributed by atoms with E-state index in [2.05, 4.69) is 26.1 Å². The molecule has 0 bridgehead atoms. The van der Waals surface area contributed by atoms with Gasteiger partial charge in [-0.15, -0.1) is 10.2 Å². The number of hydrogen-bond donors (Lipinski definition) is 4. The Balaban J connectivity index is 1.74. The number of carboxylic acids is 1. The van der Waals surface area contributed by atoms with Gasteiger partial charge in [-0.2, -0.15) is 0 Å². The van der Waals surface area contributed by atoms with Crippen LogP contribution in [0.1, 0.15) is 33.7 Å². The molecule has 3 aromatic rings. The van der Waals surface area contributed by atoms with Crippen LogP contribution in [-0.2, 0) is 4.79 Å². The minimum atomic E-state index is -1.04. The van der Waals surface area contributed by atoms with Crippen LogP contribution < -0.4 is 20.7 Å². The number of amides is 2. The summed E-state index contributed by atoms with van der Waals surface area (Å²) in [5, 5.41) is 25.9. The monoisotopic (exact) mass is 495 g/mol. The number of rotatable bonds is 8. The molecule has 1 aromatic heterocycles. The van der Waals surface area contributed by atoms with E-state index in [0.29, 0.717) is 33.3 Å². The van der Waals surface area contributed by atoms with Crippen molar-refractivity contribution in [1.29, 1.82) is 0 Å². The summed E-state index contributed by atoms with van der Waals surface area (Å²) in [6.45, 7) is 0. The van der Waals surface area contributed by atoms with E-state index in [4.69, 9.17) is 16.3 Å². The molecule has 0 spiro atoms. The average molecular weight is 496 g/mol. The molecule has 35 heavy (non-hydrogen) atoms. The van der Waals surface area contributed by atoms with Gasteiger partial charge in [-0.25, -0.2) is 4.79 Å². The lowest BCUT2D eigenvalue weighted by Gasteiger charge is -2.18. The molecule has 4 rings (SSSR count). The van der Waals surface area contributed by atoms with E-state index in [9.17, 15) is 19.5 Å². The molecular weight excluding hydrogens is 474 g/mol. The summed E-state index contributed by atoms with van der Waals surface area (Å²) in [6, 6.07) is 11.0. The standard InChI is InChI=1S/C24H22ClN5O5/c1-26-23(32)20-17(11-18(29-30-20)28-22(31)13-5-6-13)27-16-10-9-15(25)19(21(16)35-2)12-3-7-14(8-4-12)24(33)34/h3-4,7-11,13H,5-6H2,1-2H3,(H,26,32)(H,33,34)(H2,27,28,29,31). The lowest BCUT2D eigenvalue weighted by atomic mass is 10.0. The highest BCUT2D eigenvalue weighted by molar-refractivity contribution is 6.34. The van der Waals surface area contributed by atoms with Crippen molar-refractivity contribution in [3.63, 3.8) is 0 Å². The second-order valence-corrected chi connectivity index (χ2v) is 8.25. The number of nitrogens with zero attached hydrogens (tertiary/aromatic N) is 2. The van der Waals surface area contributed by atoms with Crippen LogP contribution in [-0.4, -0.2) is 47.2 Å². The van der Waals surface area contributed by atoms with Crippen LogP contribution in [0.5, 0.6) is 5.75 Å². The van der Waals surface area contributed by atoms with Gasteiger partial charge in [-0.05, 0) is 42.7 Å². The van der Waals surface area contributed by atoms with Gasteiger partial charge in [0.15, 0.2) is 17.3 Å². The highest BCUT2D eigenvalue weighted by atomic mass is 35.5. The summed E-state index contributed by atoms with van der Waals surface area (Å²) in [5.74, 6) is -1.12. The van der Waals surface area contributed by atoms with Crippen LogP contribution >= 0.6 is 11.6 Å². The van der Waals surface area contributed by atoms with Crippen LogP contribution in [0.25, 0.3) is 11.1 Å². The van der Waals surface area contributed by atoms with E-state index in [0.717, 1.165) is 12.8 Å². The van der Waals surface area contributed by atoms with Gasteiger partial charge in [0, 0.05) is 24.6 Å². The number of aromatic carboxylic acids is 1. The number of carboxylic acid groups (broad SMARTS) is 1. The zero-order valence-corrected chi connectivity index (χ0v) is 19.6. The molecule has 10 nitrogen and oxygen atoms in total. The molecule has 2 aromatic carbocycles. The van der Waals surface area contributed by atoms with Crippen molar-refractivity contribution in [2.75, 3.05) is 24.8 Å². The smallest absolute Gasteiger partial charge is 0.335 e. The fraction of sp³-hybridized carbons (Fsp3) is 0.208. The first-order valence-corrected chi connectivity index (χ1v) is 11.1. The predicted molar refractivity (Wildman–Crippen MR) is 130 cm³/mol. The number of hydrogen-bond acceptors (Lipinski definition) is 7. The first kappa shape index (κ1) is 24.0. The van der Waals surface area contributed by atoms with Crippen molar-refractivity contribution in [2.24, 2.45) is 5.92 Å². The Hall–Kier alpha value is -4.18. The van der Waals surface area contributed by atoms with Gasteiger partial charge >= 0.3 is 5.97 Å². The minimum absolute atomic E-state index is 0.0151. The number of methoxy groups -OCH3 is 1. The summed E-state index contributed by atoms with van der Waals surface area (Å²) in [6.07, 6.45) is 1.66. The fourth-order valence-corrected chi connectivity index (χ4v) is 3.73. The Bertz CT molecular complexity index is 1310. The van der Waals surface area contributed by atoms with Gasteiger partial charge in [0.05, 0.1) is 29.1 Å². The molecule has 0 atom stereocenters. The lowest BCUT2D eigenvalue weighted by Crippen LogP contribution is -2.22. The molecule has 0 radical (unpaired) electrons. The van der Waals surface area contributed by atoms with Crippen LogP contribution in [0.3, 0.4) is 0 Å². The van der Waals surface area contributed by atoms with Crippen molar-refractivity contribution in [1.82, 2.24) is 15.5 Å². The molecule has 1 saturated carbocycles. The normalized spacial score (nSPS) is 12.5. The lowest BCUT2D eigenvalue weighted by molar-refractivity contribution is -0.117. The third-order valence-electron chi connectivity index (χ3n) is 5.44. The summed E-state index contributed by atoms with van der Waals surface area (Å²) < 4.78 is 5.65. The van der Waals surface area contributed by atoms with Gasteiger partial charge in [0.2, 0.25) is 5.91 Å². The highest BCUT2D eigenvalue weighted by Gasteiger charge is 2.30. The molecule has 1 aliphatic carbocycles. The second kappa shape index (κ2) is 9.98. The van der Waals surface area contributed by atoms with Gasteiger partial charge < -0.3 is 25.8 Å². The van der Waals surface area contributed by atoms with E-state index in [1.165, 1.54) is 32.4 Å². The Morgan fingerprint density at radius 1 is 1.06 bits per heavy atom. The Morgan fingerprint density at radius 3 is 2.37 bits per heavy atom. The Morgan fingerprint density at radius 2 is 1.77 bits per heavy atom. The van der Waals surface area contributed by atoms with E-state index < -0.39 is 11.9 Å². The molecule has 4 N–H and O–H groups in total. The van der Waals surface area contributed by atoms with Crippen LogP contribution in [0, 0.1) is 5.92 Å². The van der Waals surface area contributed by atoms with E-state index >= 15 is 0 Å². The van der Waals surface area contributed by atoms with E-state index in [-0.39, 0.29) is 28.9 Å². The number of aromatic nitrogens is 2. The molecule has 1 fully saturated rings. The molecule has 0 unspecified atom stereocenters. The predicted octanol–water partition coefficient (Wildman–Crippen LogP) is 3.96. The second-order valence-electron chi connectivity index (χ2n) is 7.85. The van der Waals surface area contributed by atoms with Crippen molar-refractivity contribution < 1.29 is 24.2 Å². The Labute approximate surface area is 205 Å². The number of nitrogens with one attached hydrogen (secondary N) is 3. The minimum Gasteiger partial charge on any atom is -0.494 e. The van der Waals surface area contributed by atoms with Gasteiger partial charge in [0.1, 0.15) is 0 Å². The van der Waals surface area contributed by atoms with E-state index in [1.807, 2.05) is 0 Å². The third kappa shape index (κ3) is 5.17. The molecule has 11 heteroatoms. The molecule has 1 heterocycles. The first-order valence-electron chi connectivity index (χ1n) is 10.7. The fourth-order valence-electron chi connectivity index (χ4n) is 3.47. The van der Waals surface area contributed by atoms with Crippen molar-refractivity contribution >= 4 is 46.6 Å². The third-order valence-corrected chi connectivity index (χ3v) is 5.75. The summed E-state index contributed by atoms with van der Waals surface area (Å²) in [4.78, 5) is 35.8. The molecule has 0 saturated heterocycles. The number of halogens is 1. The number of anilines is 3. The van der Waals surface area contributed by atoms with Gasteiger partial charge in [-0.1, -0.05) is 23.7 Å². The molecular formula is C24H22ClN5O5. The van der Waals surface area contributed by atoms with Gasteiger partial charge in [0.25, 0.3) is 5.91 Å². The number of carbonyl (C=O) groups excluding carboxylic acids is 2. The summed E-state index contributed by atoms with van der Waals surface area (Å²) >= 11 is 6.48. The van der Waals surface area contributed by atoms with Crippen LogP contribution in [0.4, 0.5) is 17.2 Å². The topological polar surface area (TPSA) is 143 Å². The quantitative estimate of drug-likeness (QED) is 0.368. The number of ether oxygens (including phenoxy) is 1. The van der Waals surface area contributed by atoms with E-state index in [1.54, 1.807) is 24.3 Å². The SMILES string of the molecule is CNC(=O)c1nnc(NC(=O)C2CC2)cc1Nc1ccc(Cl)c(-c2ccc(C(=O)O)cc2)c1OC. The molecule has 1 aliphatic rings. The molecule has 0 aliphatic heterocycles. The average Bonchev–Trinajstić information content (AvgIpc) is 3.70.